The number of hydrogen-bond donors (Lipinski definition) is 0. The van der Waals surface area contributed by atoms with Gasteiger partial charge in [0.2, 0.25) is 0 Å². The fourth-order valence-corrected chi connectivity index (χ4v) is 1.86. The van der Waals surface area contributed by atoms with Gasteiger partial charge in [0.15, 0.2) is 11.1 Å². The summed E-state index contributed by atoms with van der Waals surface area (Å²) in [4.78, 5) is 0.629. The van der Waals surface area contributed by atoms with Crippen LogP contribution < -0.4 is 0 Å². The van der Waals surface area contributed by atoms with Crippen LogP contribution in [0.2, 0.25) is 5.02 Å². The Morgan fingerprint density at radius 1 is 1.21 bits per heavy atom. The monoisotopic (exact) mass is 232 g/mol. The molecule has 0 N–H and O–H groups in total. The van der Waals surface area contributed by atoms with Gasteiger partial charge in [-0.05, 0) is 45.0 Å². The lowest BCUT2D eigenvalue weighted by molar-refractivity contribution is 0.152. The summed E-state index contributed by atoms with van der Waals surface area (Å²) in [5, 5.41) is 0.626. The van der Waals surface area contributed by atoms with Crippen molar-refractivity contribution in [3.05, 3.63) is 29.3 Å². The molecule has 4 heteroatoms. The first-order valence-corrected chi connectivity index (χ1v) is 5.70. The summed E-state index contributed by atoms with van der Waals surface area (Å²) in [6.45, 7) is 5.59. The minimum atomic E-state index is -1.42. The molecule has 0 fully saturated rings. The van der Waals surface area contributed by atoms with E-state index in [1.165, 1.54) is 0 Å². The van der Waals surface area contributed by atoms with Gasteiger partial charge in [-0.3, -0.25) is 4.18 Å². The average molecular weight is 233 g/mol. The summed E-state index contributed by atoms with van der Waals surface area (Å²) in [6, 6.07) is 6.79. The standard InChI is InChI=1S/C10H13ClO2S/c1-10(2,3)13-14(12)9-6-4-8(11)5-7-9/h4-7H,1-3H3. The summed E-state index contributed by atoms with van der Waals surface area (Å²) in [5.41, 5.74) is -0.412. The highest BCUT2D eigenvalue weighted by Gasteiger charge is 2.16. The Labute approximate surface area is 91.9 Å². The third kappa shape index (κ3) is 3.78. The van der Waals surface area contributed by atoms with Crippen molar-refractivity contribution in [2.75, 3.05) is 0 Å². The van der Waals surface area contributed by atoms with Gasteiger partial charge in [0.25, 0.3) is 0 Å². The second-order valence-corrected chi connectivity index (χ2v) is 5.43. The first kappa shape index (κ1) is 11.7. The molecule has 1 atom stereocenters. The van der Waals surface area contributed by atoms with E-state index >= 15 is 0 Å². The topological polar surface area (TPSA) is 26.3 Å². The summed E-state index contributed by atoms with van der Waals surface area (Å²) in [7, 11) is 0. The molecule has 78 valence electrons. The van der Waals surface area contributed by atoms with E-state index in [4.69, 9.17) is 15.8 Å². The summed E-state index contributed by atoms with van der Waals surface area (Å²) < 4.78 is 16.9. The molecule has 0 radical (unpaired) electrons. The zero-order valence-electron chi connectivity index (χ0n) is 8.41. The Morgan fingerprint density at radius 2 is 1.71 bits per heavy atom. The van der Waals surface area contributed by atoms with Crippen molar-refractivity contribution in [2.45, 2.75) is 31.3 Å². The van der Waals surface area contributed by atoms with E-state index in [0.717, 1.165) is 0 Å². The lowest BCUT2D eigenvalue weighted by atomic mass is 10.2. The van der Waals surface area contributed by atoms with Crippen LogP contribution in [-0.2, 0) is 15.3 Å². The number of rotatable bonds is 2. The molecular formula is C10H13ClO2S. The van der Waals surface area contributed by atoms with E-state index in [1.807, 2.05) is 20.8 Å². The van der Waals surface area contributed by atoms with Crippen molar-refractivity contribution >= 4 is 22.7 Å². The summed E-state index contributed by atoms with van der Waals surface area (Å²) in [6.07, 6.45) is 0. The van der Waals surface area contributed by atoms with Crippen LogP contribution in [0.4, 0.5) is 0 Å². The maximum atomic E-state index is 11.6. The molecule has 1 aromatic rings. The van der Waals surface area contributed by atoms with Gasteiger partial charge in [0, 0.05) is 5.02 Å². The van der Waals surface area contributed by atoms with Crippen molar-refractivity contribution in [1.82, 2.24) is 0 Å². The predicted molar refractivity (Wildman–Crippen MR) is 58.7 cm³/mol. The molecule has 0 heterocycles. The number of halogens is 1. The van der Waals surface area contributed by atoms with E-state index in [9.17, 15) is 4.21 Å². The van der Waals surface area contributed by atoms with Crippen LogP contribution in [-0.4, -0.2) is 9.81 Å². The third-order valence-electron chi connectivity index (χ3n) is 1.33. The number of hydrogen-bond acceptors (Lipinski definition) is 2. The highest BCUT2D eigenvalue weighted by Crippen LogP contribution is 2.17. The van der Waals surface area contributed by atoms with Crippen LogP contribution >= 0.6 is 11.6 Å². The Kier molecular flexibility index (Phi) is 3.70. The predicted octanol–water partition coefficient (Wildman–Crippen LogP) is 3.18. The van der Waals surface area contributed by atoms with Crippen molar-refractivity contribution in [3.63, 3.8) is 0 Å². The van der Waals surface area contributed by atoms with Crippen molar-refractivity contribution in [2.24, 2.45) is 0 Å². The molecule has 0 aliphatic heterocycles. The Balaban J connectivity index is 2.76. The van der Waals surface area contributed by atoms with Crippen molar-refractivity contribution in [1.29, 1.82) is 0 Å². The first-order valence-electron chi connectivity index (χ1n) is 4.25. The fourth-order valence-electron chi connectivity index (χ4n) is 0.821. The molecule has 0 saturated carbocycles. The fraction of sp³-hybridized carbons (Fsp3) is 0.400. The van der Waals surface area contributed by atoms with Gasteiger partial charge in [-0.15, -0.1) is 0 Å². The molecule has 0 aliphatic carbocycles. The highest BCUT2D eigenvalue weighted by atomic mass is 35.5. The Hall–Kier alpha value is -0.380. The van der Waals surface area contributed by atoms with Gasteiger partial charge in [0.1, 0.15) is 0 Å². The smallest absolute Gasteiger partial charge is 0.189 e. The van der Waals surface area contributed by atoms with Gasteiger partial charge in [0.05, 0.1) is 10.5 Å². The Bertz CT molecular complexity index is 327. The second-order valence-electron chi connectivity index (χ2n) is 3.88. The zero-order valence-corrected chi connectivity index (χ0v) is 9.98. The molecule has 1 rings (SSSR count). The molecular weight excluding hydrogens is 220 g/mol. The van der Waals surface area contributed by atoms with Crippen molar-refractivity contribution in [3.8, 4) is 0 Å². The molecule has 1 aromatic carbocycles. The molecule has 2 nitrogen and oxygen atoms in total. The van der Waals surface area contributed by atoms with Crippen LogP contribution in [0.3, 0.4) is 0 Å². The molecule has 0 spiro atoms. The van der Waals surface area contributed by atoms with E-state index in [0.29, 0.717) is 9.92 Å². The van der Waals surface area contributed by atoms with Crippen LogP contribution in [0.1, 0.15) is 20.8 Å². The Morgan fingerprint density at radius 3 is 2.14 bits per heavy atom. The molecule has 14 heavy (non-hydrogen) atoms. The molecule has 0 bridgehead atoms. The van der Waals surface area contributed by atoms with Gasteiger partial charge in [-0.2, -0.15) is 0 Å². The van der Waals surface area contributed by atoms with Gasteiger partial charge in [-0.25, -0.2) is 4.21 Å². The maximum Gasteiger partial charge on any atom is 0.189 e. The normalized spacial score (nSPS) is 14.0. The third-order valence-corrected chi connectivity index (χ3v) is 2.89. The molecule has 1 unspecified atom stereocenters. The average Bonchev–Trinajstić information content (AvgIpc) is 2.02. The molecule has 0 aliphatic rings. The minimum Gasteiger partial charge on any atom is -0.281 e. The van der Waals surface area contributed by atoms with Crippen molar-refractivity contribution < 1.29 is 8.39 Å². The lowest BCUT2D eigenvalue weighted by Gasteiger charge is -2.17. The molecule has 0 aromatic heterocycles. The summed E-state index contributed by atoms with van der Waals surface area (Å²) in [5.74, 6) is 0. The van der Waals surface area contributed by atoms with Gasteiger partial charge >= 0.3 is 0 Å². The largest absolute Gasteiger partial charge is 0.281 e. The van der Waals surface area contributed by atoms with Crippen LogP contribution in [0.15, 0.2) is 29.2 Å². The highest BCUT2D eigenvalue weighted by molar-refractivity contribution is 7.80. The van der Waals surface area contributed by atoms with Crippen LogP contribution in [0.5, 0.6) is 0 Å². The zero-order chi connectivity index (χ0) is 10.8. The maximum absolute atomic E-state index is 11.6. The SMILES string of the molecule is CC(C)(C)OS(=O)c1ccc(Cl)cc1. The second kappa shape index (κ2) is 4.43. The lowest BCUT2D eigenvalue weighted by Crippen LogP contribution is -2.20. The van der Waals surface area contributed by atoms with E-state index < -0.39 is 16.7 Å². The van der Waals surface area contributed by atoms with E-state index in [2.05, 4.69) is 0 Å². The van der Waals surface area contributed by atoms with E-state index in [-0.39, 0.29) is 0 Å². The minimum absolute atomic E-state index is 0.412. The van der Waals surface area contributed by atoms with Crippen LogP contribution in [0.25, 0.3) is 0 Å². The summed E-state index contributed by atoms with van der Waals surface area (Å²) >= 11 is 4.29. The van der Waals surface area contributed by atoms with E-state index in [1.54, 1.807) is 24.3 Å². The van der Waals surface area contributed by atoms with Gasteiger partial charge in [-0.1, -0.05) is 11.6 Å². The first-order chi connectivity index (χ1) is 6.38. The molecule has 0 saturated heterocycles. The quantitative estimate of drug-likeness (QED) is 0.783. The number of benzene rings is 1. The molecule has 0 amide bonds. The van der Waals surface area contributed by atoms with Crippen LogP contribution in [0, 0.1) is 0 Å². The van der Waals surface area contributed by atoms with Gasteiger partial charge < -0.3 is 0 Å².